The van der Waals surface area contributed by atoms with Crippen molar-refractivity contribution >= 4 is 21.4 Å². The zero-order valence-electron chi connectivity index (χ0n) is 12.7. The van der Waals surface area contributed by atoms with E-state index in [1.807, 2.05) is 20.8 Å². The number of benzene rings is 1. The fraction of sp³-hybridized carbons (Fsp3) is 0.400. The molecule has 7 heteroatoms. The molecule has 118 valence electrons. The maximum absolute atomic E-state index is 12.4. The molecule has 1 N–H and O–H groups in total. The molecule has 22 heavy (non-hydrogen) atoms. The summed E-state index contributed by atoms with van der Waals surface area (Å²) >= 11 is 1.49. The first-order valence-corrected chi connectivity index (χ1v) is 9.28. The molecule has 5 nitrogen and oxygen atoms in total. The van der Waals surface area contributed by atoms with Gasteiger partial charge in [-0.05, 0) is 44.5 Å². The first kappa shape index (κ1) is 15.5. The predicted molar refractivity (Wildman–Crippen MR) is 85.7 cm³/mol. The van der Waals surface area contributed by atoms with Gasteiger partial charge in [-0.3, -0.25) is 0 Å². The van der Waals surface area contributed by atoms with Crippen LogP contribution in [0.25, 0.3) is 0 Å². The smallest absolute Gasteiger partial charge is 0.240 e. The Bertz CT molecular complexity index is 810. The Hall–Kier alpha value is -1.44. The summed E-state index contributed by atoms with van der Waals surface area (Å²) in [6.45, 7) is 6.13. The maximum atomic E-state index is 12.4. The molecule has 3 rings (SSSR count). The van der Waals surface area contributed by atoms with Crippen LogP contribution >= 0.6 is 11.3 Å². The van der Waals surface area contributed by atoms with E-state index in [0.29, 0.717) is 6.42 Å². The number of hydrogen-bond acceptors (Lipinski definition) is 5. The van der Waals surface area contributed by atoms with E-state index in [4.69, 9.17) is 4.74 Å². The summed E-state index contributed by atoms with van der Waals surface area (Å²) in [5.74, 6) is 0.766. The molecule has 0 saturated heterocycles. The molecule has 0 aliphatic carbocycles. The Labute approximate surface area is 134 Å². The molecule has 0 spiro atoms. The van der Waals surface area contributed by atoms with E-state index in [2.05, 4.69) is 9.71 Å². The summed E-state index contributed by atoms with van der Waals surface area (Å²) in [5, 5.41) is 0.922. The third-order valence-electron chi connectivity index (χ3n) is 3.45. The zero-order chi connectivity index (χ0) is 16.0. The van der Waals surface area contributed by atoms with Crippen LogP contribution in [0.4, 0.5) is 0 Å². The lowest BCUT2D eigenvalue weighted by atomic mass is 10.0. The molecule has 0 amide bonds. The minimum Gasteiger partial charge on any atom is -0.487 e. The minimum atomic E-state index is -3.53. The van der Waals surface area contributed by atoms with Crippen molar-refractivity contribution in [1.29, 1.82) is 0 Å². The van der Waals surface area contributed by atoms with Crippen molar-refractivity contribution in [2.45, 2.75) is 44.2 Å². The largest absolute Gasteiger partial charge is 0.487 e. The van der Waals surface area contributed by atoms with E-state index in [1.165, 1.54) is 11.3 Å². The summed E-state index contributed by atoms with van der Waals surface area (Å²) in [6.07, 6.45) is 2.40. The average molecular weight is 338 g/mol. The van der Waals surface area contributed by atoms with Crippen molar-refractivity contribution < 1.29 is 13.2 Å². The highest BCUT2D eigenvalue weighted by Gasteiger charge is 2.31. The third-order valence-corrected chi connectivity index (χ3v) is 5.76. The second-order valence-electron chi connectivity index (χ2n) is 5.98. The summed E-state index contributed by atoms with van der Waals surface area (Å²) in [6, 6.07) is 5.01. The van der Waals surface area contributed by atoms with Gasteiger partial charge in [-0.2, -0.15) is 0 Å². The highest BCUT2D eigenvalue weighted by atomic mass is 32.2. The second-order valence-corrected chi connectivity index (χ2v) is 9.06. The second kappa shape index (κ2) is 5.33. The quantitative estimate of drug-likeness (QED) is 0.930. The van der Waals surface area contributed by atoms with Crippen LogP contribution in [-0.2, 0) is 23.0 Å². The first-order chi connectivity index (χ1) is 10.3. The van der Waals surface area contributed by atoms with Crippen LogP contribution in [0.15, 0.2) is 29.3 Å². The fourth-order valence-electron chi connectivity index (χ4n) is 2.49. The number of rotatable bonds is 4. The number of fused-ring (bicyclic) bond motifs is 1. The first-order valence-electron chi connectivity index (χ1n) is 6.98. The van der Waals surface area contributed by atoms with E-state index in [9.17, 15) is 8.42 Å². The predicted octanol–water partition coefficient (Wildman–Crippen LogP) is 2.64. The molecule has 0 bridgehead atoms. The molecule has 2 aromatic rings. The molecule has 1 aliphatic heterocycles. The highest BCUT2D eigenvalue weighted by molar-refractivity contribution is 7.89. The topological polar surface area (TPSA) is 68.3 Å². The Morgan fingerprint density at radius 3 is 2.86 bits per heavy atom. The Morgan fingerprint density at radius 2 is 2.18 bits per heavy atom. The Kier molecular flexibility index (Phi) is 3.74. The molecule has 0 radical (unpaired) electrons. The standard InChI is InChI=1S/C15H18N2O3S2/c1-10-16-8-12(21-10)9-17-22(18,19)13-4-5-14-11(6-13)7-15(2,3)20-14/h4-6,8,17H,7,9H2,1-3H3. The average Bonchev–Trinajstić information content (AvgIpc) is 2.96. The van der Waals surface area contributed by atoms with Gasteiger partial charge in [0.05, 0.1) is 9.90 Å². The van der Waals surface area contributed by atoms with Crippen molar-refractivity contribution in [3.63, 3.8) is 0 Å². The van der Waals surface area contributed by atoms with Gasteiger partial charge < -0.3 is 4.74 Å². The normalized spacial score (nSPS) is 16.3. The molecular weight excluding hydrogens is 320 g/mol. The summed E-state index contributed by atoms with van der Waals surface area (Å²) in [4.78, 5) is 5.29. The molecular formula is C15H18N2O3S2. The molecule has 0 saturated carbocycles. The zero-order valence-corrected chi connectivity index (χ0v) is 14.3. The minimum absolute atomic E-state index is 0.257. The van der Waals surface area contributed by atoms with Gasteiger partial charge in [-0.15, -0.1) is 11.3 Å². The van der Waals surface area contributed by atoms with Crippen molar-refractivity contribution in [1.82, 2.24) is 9.71 Å². The van der Waals surface area contributed by atoms with Gasteiger partial charge in [-0.25, -0.2) is 18.1 Å². The molecule has 0 unspecified atom stereocenters. The van der Waals surface area contributed by atoms with Crippen LogP contribution in [0.1, 0.15) is 29.3 Å². The number of nitrogens with zero attached hydrogens (tertiary/aromatic N) is 1. The third kappa shape index (κ3) is 3.16. The van der Waals surface area contributed by atoms with Gasteiger partial charge in [0.25, 0.3) is 0 Å². The van der Waals surface area contributed by atoms with Crippen molar-refractivity contribution in [3.8, 4) is 5.75 Å². The van der Waals surface area contributed by atoms with Gasteiger partial charge in [-0.1, -0.05) is 0 Å². The molecule has 0 atom stereocenters. The lowest BCUT2D eigenvalue weighted by Crippen LogP contribution is -2.24. The lowest BCUT2D eigenvalue weighted by Gasteiger charge is -2.16. The van der Waals surface area contributed by atoms with Crippen LogP contribution in [0.2, 0.25) is 0 Å². The molecule has 1 aromatic carbocycles. The number of sulfonamides is 1. The van der Waals surface area contributed by atoms with Crippen LogP contribution in [0.5, 0.6) is 5.75 Å². The summed E-state index contributed by atoms with van der Waals surface area (Å²) in [7, 11) is -3.53. The fourth-order valence-corrected chi connectivity index (χ4v) is 4.37. The van der Waals surface area contributed by atoms with Crippen molar-refractivity contribution in [2.75, 3.05) is 0 Å². The van der Waals surface area contributed by atoms with Crippen LogP contribution in [-0.4, -0.2) is 19.0 Å². The van der Waals surface area contributed by atoms with Gasteiger partial charge in [0.2, 0.25) is 10.0 Å². The maximum Gasteiger partial charge on any atom is 0.240 e. The van der Waals surface area contributed by atoms with Gasteiger partial charge >= 0.3 is 0 Å². The number of aryl methyl sites for hydroxylation is 1. The number of thiazole rings is 1. The van der Waals surface area contributed by atoms with Crippen LogP contribution in [0.3, 0.4) is 0 Å². The number of hydrogen-bond donors (Lipinski definition) is 1. The van der Waals surface area contributed by atoms with E-state index in [0.717, 1.165) is 21.2 Å². The molecule has 2 heterocycles. The molecule has 1 aromatic heterocycles. The van der Waals surface area contributed by atoms with Crippen LogP contribution in [0, 0.1) is 6.92 Å². The molecule has 0 fully saturated rings. The monoisotopic (exact) mass is 338 g/mol. The Balaban J connectivity index is 1.79. The van der Waals surface area contributed by atoms with Gasteiger partial charge in [0.1, 0.15) is 11.4 Å². The number of ether oxygens (including phenoxy) is 1. The van der Waals surface area contributed by atoms with Gasteiger partial charge in [0, 0.05) is 24.0 Å². The number of nitrogens with one attached hydrogen (secondary N) is 1. The summed E-state index contributed by atoms with van der Waals surface area (Å²) in [5.41, 5.74) is 0.653. The van der Waals surface area contributed by atoms with E-state index in [1.54, 1.807) is 24.4 Å². The Morgan fingerprint density at radius 1 is 1.41 bits per heavy atom. The highest BCUT2D eigenvalue weighted by Crippen LogP contribution is 2.35. The lowest BCUT2D eigenvalue weighted by molar-refractivity contribution is 0.138. The van der Waals surface area contributed by atoms with Crippen molar-refractivity contribution in [3.05, 3.63) is 39.8 Å². The van der Waals surface area contributed by atoms with E-state index >= 15 is 0 Å². The SMILES string of the molecule is Cc1ncc(CNS(=O)(=O)c2ccc3c(c2)CC(C)(C)O3)s1. The number of aromatic nitrogens is 1. The van der Waals surface area contributed by atoms with Crippen molar-refractivity contribution in [2.24, 2.45) is 0 Å². The van der Waals surface area contributed by atoms with E-state index < -0.39 is 10.0 Å². The van der Waals surface area contributed by atoms with E-state index in [-0.39, 0.29) is 17.0 Å². The summed E-state index contributed by atoms with van der Waals surface area (Å²) < 4.78 is 33.2. The molecule has 1 aliphatic rings. The van der Waals surface area contributed by atoms with Gasteiger partial charge in [0.15, 0.2) is 0 Å². The van der Waals surface area contributed by atoms with Crippen LogP contribution < -0.4 is 9.46 Å².